The standard InChI is InChI=1S/C21H22N4O3/c1-5-15-19(26)25(20(27)23-15)17-7-6-8-18(24-17)28-16-10-9-13(12-22)11-14(16)21(2,3)4/h6-11,15H,5H2,1-4H3,(H,23,27)/t15-/m1/s1. The molecule has 0 bridgehead atoms. The van der Waals surface area contributed by atoms with Crippen LogP contribution in [0.15, 0.2) is 36.4 Å². The van der Waals surface area contributed by atoms with E-state index in [0.717, 1.165) is 10.5 Å². The minimum absolute atomic E-state index is 0.210. The lowest BCUT2D eigenvalue weighted by atomic mass is 9.85. The van der Waals surface area contributed by atoms with Crippen molar-refractivity contribution in [3.05, 3.63) is 47.5 Å². The Labute approximate surface area is 163 Å². The lowest BCUT2D eigenvalue weighted by molar-refractivity contribution is -0.118. The van der Waals surface area contributed by atoms with Gasteiger partial charge in [-0.1, -0.05) is 33.8 Å². The number of hydrogen-bond acceptors (Lipinski definition) is 5. The monoisotopic (exact) mass is 378 g/mol. The third-order valence-corrected chi connectivity index (χ3v) is 4.50. The van der Waals surface area contributed by atoms with E-state index in [1.807, 2.05) is 27.7 Å². The van der Waals surface area contributed by atoms with Crippen LogP contribution in [0.25, 0.3) is 0 Å². The number of carbonyl (C=O) groups excluding carboxylic acids is 2. The van der Waals surface area contributed by atoms with Gasteiger partial charge in [-0.05, 0) is 36.1 Å². The van der Waals surface area contributed by atoms with E-state index in [0.29, 0.717) is 17.7 Å². The molecule has 1 N–H and O–H groups in total. The third kappa shape index (κ3) is 3.67. The fourth-order valence-corrected chi connectivity index (χ4v) is 3.00. The van der Waals surface area contributed by atoms with Crippen molar-refractivity contribution in [3.8, 4) is 17.7 Å². The van der Waals surface area contributed by atoms with E-state index in [4.69, 9.17) is 4.74 Å². The van der Waals surface area contributed by atoms with Crippen LogP contribution in [0.5, 0.6) is 11.6 Å². The summed E-state index contributed by atoms with van der Waals surface area (Å²) in [7, 11) is 0. The molecule has 0 saturated carbocycles. The fraction of sp³-hybridized carbons (Fsp3) is 0.333. The fourth-order valence-electron chi connectivity index (χ4n) is 3.00. The Morgan fingerprint density at radius 2 is 2.00 bits per heavy atom. The van der Waals surface area contributed by atoms with Crippen LogP contribution in [0, 0.1) is 11.3 Å². The van der Waals surface area contributed by atoms with Crippen LogP contribution < -0.4 is 15.0 Å². The zero-order valence-corrected chi connectivity index (χ0v) is 16.3. The second kappa shape index (κ2) is 7.31. The highest BCUT2D eigenvalue weighted by molar-refractivity contribution is 6.20. The Bertz CT molecular complexity index is 972. The SMILES string of the molecule is CC[C@H]1NC(=O)N(c2cccc(Oc3ccc(C#N)cc3C(C)(C)C)n2)C1=O. The van der Waals surface area contributed by atoms with Gasteiger partial charge in [-0.2, -0.15) is 10.2 Å². The third-order valence-electron chi connectivity index (χ3n) is 4.50. The number of nitrogens with zero attached hydrogens (tertiary/aromatic N) is 3. The number of hydrogen-bond donors (Lipinski definition) is 1. The zero-order valence-electron chi connectivity index (χ0n) is 16.3. The molecule has 0 spiro atoms. The summed E-state index contributed by atoms with van der Waals surface area (Å²) in [6.07, 6.45) is 0.511. The highest BCUT2D eigenvalue weighted by Gasteiger charge is 2.38. The van der Waals surface area contributed by atoms with E-state index >= 15 is 0 Å². The molecule has 2 heterocycles. The van der Waals surface area contributed by atoms with Crippen LogP contribution in [0.3, 0.4) is 0 Å². The molecule has 3 amide bonds. The molecule has 1 saturated heterocycles. The Balaban J connectivity index is 1.94. The van der Waals surface area contributed by atoms with Gasteiger partial charge >= 0.3 is 6.03 Å². The average Bonchev–Trinajstić information content (AvgIpc) is 2.95. The summed E-state index contributed by atoms with van der Waals surface area (Å²) >= 11 is 0. The summed E-state index contributed by atoms with van der Waals surface area (Å²) in [5, 5.41) is 11.8. The number of benzene rings is 1. The molecule has 1 aromatic heterocycles. The number of ether oxygens (including phenoxy) is 1. The highest BCUT2D eigenvalue weighted by Crippen LogP contribution is 2.35. The summed E-state index contributed by atoms with van der Waals surface area (Å²) in [5.74, 6) is 0.709. The van der Waals surface area contributed by atoms with Crippen LogP contribution in [0.2, 0.25) is 0 Å². The highest BCUT2D eigenvalue weighted by atomic mass is 16.5. The predicted molar refractivity (Wildman–Crippen MR) is 104 cm³/mol. The molecule has 2 aromatic rings. The largest absolute Gasteiger partial charge is 0.439 e. The normalized spacial score (nSPS) is 16.7. The van der Waals surface area contributed by atoms with Gasteiger partial charge in [0, 0.05) is 11.6 Å². The summed E-state index contributed by atoms with van der Waals surface area (Å²) in [4.78, 5) is 29.9. The summed E-state index contributed by atoms with van der Waals surface area (Å²) in [6, 6.07) is 11.2. The Morgan fingerprint density at radius 3 is 2.61 bits per heavy atom. The number of urea groups is 1. The van der Waals surface area contributed by atoms with Gasteiger partial charge in [0.25, 0.3) is 5.91 Å². The molecular formula is C21H22N4O3. The summed E-state index contributed by atoms with van der Waals surface area (Å²) in [6.45, 7) is 7.91. The Kier molecular flexibility index (Phi) is 5.06. The average molecular weight is 378 g/mol. The molecule has 1 atom stereocenters. The van der Waals surface area contributed by atoms with Gasteiger partial charge < -0.3 is 10.1 Å². The first-order valence-corrected chi connectivity index (χ1v) is 9.08. The van der Waals surface area contributed by atoms with Crippen molar-refractivity contribution in [1.82, 2.24) is 10.3 Å². The number of imide groups is 1. The Morgan fingerprint density at radius 1 is 1.25 bits per heavy atom. The summed E-state index contributed by atoms with van der Waals surface area (Å²) in [5.41, 5.74) is 1.16. The van der Waals surface area contributed by atoms with E-state index in [2.05, 4.69) is 16.4 Å². The summed E-state index contributed by atoms with van der Waals surface area (Å²) < 4.78 is 5.97. The second-order valence-corrected chi connectivity index (χ2v) is 7.59. The first-order valence-electron chi connectivity index (χ1n) is 9.08. The topological polar surface area (TPSA) is 95.3 Å². The van der Waals surface area contributed by atoms with Crippen molar-refractivity contribution in [2.45, 2.75) is 45.6 Å². The molecule has 0 aliphatic carbocycles. The number of nitrogens with one attached hydrogen (secondary N) is 1. The maximum atomic E-state index is 12.4. The van der Waals surface area contributed by atoms with Crippen molar-refractivity contribution in [3.63, 3.8) is 0 Å². The molecule has 7 nitrogen and oxygen atoms in total. The van der Waals surface area contributed by atoms with Gasteiger partial charge in [0.05, 0.1) is 11.6 Å². The number of carbonyl (C=O) groups is 2. The molecule has 3 rings (SSSR count). The van der Waals surface area contributed by atoms with E-state index in [1.165, 1.54) is 0 Å². The molecule has 0 unspecified atom stereocenters. The molecule has 28 heavy (non-hydrogen) atoms. The van der Waals surface area contributed by atoms with Crippen LogP contribution in [-0.4, -0.2) is 23.0 Å². The van der Waals surface area contributed by atoms with Gasteiger partial charge in [-0.25, -0.2) is 9.69 Å². The maximum absolute atomic E-state index is 12.4. The van der Waals surface area contributed by atoms with Gasteiger partial charge in [-0.15, -0.1) is 0 Å². The number of amides is 3. The van der Waals surface area contributed by atoms with Gasteiger partial charge in [0.2, 0.25) is 5.88 Å². The van der Waals surface area contributed by atoms with E-state index < -0.39 is 12.1 Å². The van der Waals surface area contributed by atoms with E-state index in [1.54, 1.807) is 36.4 Å². The quantitative estimate of drug-likeness (QED) is 0.815. The number of aromatic nitrogens is 1. The second-order valence-electron chi connectivity index (χ2n) is 7.59. The van der Waals surface area contributed by atoms with Crippen LogP contribution in [-0.2, 0) is 10.2 Å². The minimum atomic E-state index is -0.537. The predicted octanol–water partition coefficient (Wildman–Crippen LogP) is 3.88. The van der Waals surface area contributed by atoms with Gasteiger partial charge in [0.1, 0.15) is 17.6 Å². The molecule has 0 radical (unpaired) electrons. The van der Waals surface area contributed by atoms with Crippen molar-refractivity contribution < 1.29 is 14.3 Å². The van der Waals surface area contributed by atoms with Crippen LogP contribution in [0.1, 0.15) is 45.2 Å². The van der Waals surface area contributed by atoms with E-state index in [-0.39, 0.29) is 23.0 Å². The van der Waals surface area contributed by atoms with Gasteiger partial charge in [0.15, 0.2) is 0 Å². The van der Waals surface area contributed by atoms with Gasteiger partial charge in [-0.3, -0.25) is 4.79 Å². The van der Waals surface area contributed by atoms with Crippen molar-refractivity contribution in [2.75, 3.05) is 4.90 Å². The van der Waals surface area contributed by atoms with Crippen molar-refractivity contribution in [1.29, 1.82) is 5.26 Å². The van der Waals surface area contributed by atoms with Crippen molar-refractivity contribution in [2.24, 2.45) is 0 Å². The lowest BCUT2D eigenvalue weighted by Gasteiger charge is -2.23. The van der Waals surface area contributed by atoms with Crippen molar-refractivity contribution >= 4 is 17.8 Å². The molecule has 1 aliphatic heterocycles. The molecule has 144 valence electrons. The molecule has 1 aromatic carbocycles. The first-order chi connectivity index (χ1) is 13.2. The first kappa shape index (κ1) is 19.4. The molecule has 1 aliphatic rings. The smallest absolute Gasteiger partial charge is 0.330 e. The maximum Gasteiger partial charge on any atom is 0.330 e. The number of rotatable bonds is 4. The van der Waals surface area contributed by atoms with Crippen LogP contribution in [0.4, 0.5) is 10.6 Å². The number of pyridine rings is 1. The number of anilines is 1. The lowest BCUT2D eigenvalue weighted by Crippen LogP contribution is -2.31. The Hall–Kier alpha value is -3.40. The van der Waals surface area contributed by atoms with E-state index in [9.17, 15) is 14.9 Å². The molecular weight excluding hydrogens is 356 g/mol. The molecule has 7 heteroatoms. The number of nitriles is 1. The minimum Gasteiger partial charge on any atom is -0.439 e. The van der Waals surface area contributed by atoms with Crippen LogP contribution >= 0.6 is 0 Å². The zero-order chi connectivity index (χ0) is 20.5. The molecule has 1 fully saturated rings.